The van der Waals surface area contributed by atoms with E-state index in [-0.39, 0.29) is 10.6 Å². The standard InChI is InChI=1S/C19H38N2O2/c1-5-7-11-18(17-12-9-8-10-13-17)16-19(22)20(6-2)14-15-21(3,4)23/h17-18H,5-16H2,1-4H3. The van der Waals surface area contributed by atoms with Crippen LogP contribution in [0.4, 0.5) is 0 Å². The molecule has 23 heavy (non-hydrogen) atoms. The van der Waals surface area contributed by atoms with Crippen LogP contribution < -0.4 is 0 Å². The van der Waals surface area contributed by atoms with Gasteiger partial charge in [0.05, 0.1) is 27.2 Å². The first-order valence-electron chi connectivity index (χ1n) is 9.69. The lowest BCUT2D eigenvalue weighted by molar-refractivity contribution is -0.839. The fourth-order valence-corrected chi connectivity index (χ4v) is 3.75. The van der Waals surface area contributed by atoms with Gasteiger partial charge in [-0.25, -0.2) is 0 Å². The molecule has 1 aliphatic carbocycles. The number of carbonyl (C=O) groups is 1. The highest BCUT2D eigenvalue weighted by atomic mass is 16.5. The zero-order valence-electron chi connectivity index (χ0n) is 15.9. The molecule has 0 bridgehead atoms. The summed E-state index contributed by atoms with van der Waals surface area (Å²) in [4.78, 5) is 14.6. The summed E-state index contributed by atoms with van der Waals surface area (Å²) in [5.74, 6) is 1.55. The van der Waals surface area contributed by atoms with Crippen molar-refractivity contribution in [2.75, 3.05) is 33.7 Å². The quantitative estimate of drug-likeness (QED) is 0.446. The molecule has 4 nitrogen and oxygen atoms in total. The number of carbonyl (C=O) groups excluding carboxylic acids is 1. The highest BCUT2D eigenvalue weighted by Gasteiger charge is 2.27. The average Bonchev–Trinajstić information content (AvgIpc) is 2.51. The van der Waals surface area contributed by atoms with E-state index in [4.69, 9.17) is 0 Å². The molecule has 1 aliphatic rings. The van der Waals surface area contributed by atoms with Crippen LogP contribution in [0.2, 0.25) is 0 Å². The van der Waals surface area contributed by atoms with E-state index in [2.05, 4.69) is 6.92 Å². The first-order valence-corrected chi connectivity index (χ1v) is 9.69. The maximum atomic E-state index is 12.7. The third-order valence-corrected chi connectivity index (χ3v) is 5.32. The maximum Gasteiger partial charge on any atom is 0.223 e. The average molecular weight is 327 g/mol. The van der Waals surface area contributed by atoms with E-state index in [0.717, 1.165) is 5.92 Å². The summed E-state index contributed by atoms with van der Waals surface area (Å²) in [5.41, 5.74) is 0. The minimum absolute atomic E-state index is 0.257. The number of unbranched alkanes of at least 4 members (excludes halogenated alkanes) is 1. The highest BCUT2D eigenvalue weighted by molar-refractivity contribution is 5.76. The monoisotopic (exact) mass is 326 g/mol. The Bertz CT molecular complexity index is 333. The lowest BCUT2D eigenvalue weighted by atomic mass is 9.76. The van der Waals surface area contributed by atoms with Crippen molar-refractivity contribution < 1.29 is 9.44 Å². The minimum Gasteiger partial charge on any atom is -0.633 e. The number of likely N-dealkylation sites (N-methyl/N-ethyl adjacent to an activating group) is 2. The van der Waals surface area contributed by atoms with E-state index in [1.807, 2.05) is 11.8 Å². The third-order valence-electron chi connectivity index (χ3n) is 5.32. The molecule has 0 N–H and O–H groups in total. The Morgan fingerprint density at radius 2 is 1.87 bits per heavy atom. The van der Waals surface area contributed by atoms with Gasteiger partial charge in [0.1, 0.15) is 0 Å². The van der Waals surface area contributed by atoms with E-state index in [9.17, 15) is 10.0 Å². The molecule has 1 fully saturated rings. The summed E-state index contributed by atoms with van der Waals surface area (Å²) in [6, 6.07) is 0. The van der Waals surface area contributed by atoms with Gasteiger partial charge in [-0.05, 0) is 25.2 Å². The summed E-state index contributed by atoms with van der Waals surface area (Å²) in [7, 11) is 3.29. The number of hydroxylamine groups is 3. The molecule has 0 aromatic rings. The van der Waals surface area contributed by atoms with Crippen LogP contribution in [-0.4, -0.2) is 49.2 Å². The molecule has 1 rings (SSSR count). The number of rotatable bonds is 10. The van der Waals surface area contributed by atoms with Gasteiger partial charge < -0.3 is 14.8 Å². The predicted octanol–water partition coefficient (Wildman–Crippen LogP) is 4.19. The summed E-state index contributed by atoms with van der Waals surface area (Å²) in [6.07, 6.45) is 10.9. The molecule has 0 spiro atoms. The summed E-state index contributed by atoms with van der Waals surface area (Å²) in [5, 5.41) is 11.8. The predicted molar refractivity (Wildman–Crippen MR) is 96.8 cm³/mol. The molecule has 136 valence electrons. The van der Waals surface area contributed by atoms with E-state index in [0.29, 0.717) is 32.0 Å². The number of hydrogen-bond donors (Lipinski definition) is 0. The molecule has 1 saturated carbocycles. The van der Waals surface area contributed by atoms with Crippen LogP contribution in [0.25, 0.3) is 0 Å². The van der Waals surface area contributed by atoms with Crippen molar-refractivity contribution in [3.8, 4) is 0 Å². The lowest BCUT2D eigenvalue weighted by Gasteiger charge is -2.36. The molecule has 0 saturated heterocycles. The van der Waals surface area contributed by atoms with Crippen LogP contribution in [0.5, 0.6) is 0 Å². The van der Waals surface area contributed by atoms with Crippen LogP contribution in [-0.2, 0) is 4.79 Å². The van der Waals surface area contributed by atoms with Gasteiger partial charge in [0, 0.05) is 13.0 Å². The second kappa shape index (κ2) is 10.3. The topological polar surface area (TPSA) is 43.4 Å². The SMILES string of the molecule is CCCCC(CC(=O)N(CC)CC[N+](C)(C)[O-])C1CCCCC1. The van der Waals surface area contributed by atoms with E-state index in [1.165, 1.54) is 51.4 Å². The molecule has 1 atom stereocenters. The van der Waals surface area contributed by atoms with Crippen molar-refractivity contribution in [2.24, 2.45) is 11.8 Å². The normalized spacial score (nSPS) is 18.0. The van der Waals surface area contributed by atoms with E-state index < -0.39 is 0 Å². The van der Waals surface area contributed by atoms with Crippen LogP contribution >= 0.6 is 0 Å². The highest BCUT2D eigenvalue weighted by Crippen LogP contribution is 2.35. The Morgan fingerprint density at radius 3 is 2.39 bits per heavy atom. The van der Waals surface area contributed by atoms with E-state index in [1.54, 1.807) is 14.1 Å². The summed E-state index contributed by atoms with van der Waals surface area (Å²) < 4.78 is -0.328. The van der Waals surface area contributed by atoms with Crippen molar-refractivity contribution in [2.45, 2.75) is 71.6 Å². The van der Waals surface area contributed by atoms with Crippen molar-refractivity contribution in [3.05, 3.63) is 5.21 Å². The van der Waals surface area contributed by atoms with Gasteiger partial charge in [-0.3, -0.25) is 4.79 Å². The van der Waals surface area contributed by atoms with Gasteiger partial charge in [0.2, 0.25) is 5.91 Å². The Morgan fingerprint density at radius 1 is 1.22 bits per heavy atom. The smallest absolute Gasteiger partial charge is 0.223 e. The number of nitrogens with zero attached hydrogens (tertiary/aromatic N) is 2. The van der Waals surface area contributed by atoms with Gasteiger partial charge in [-0.1, -0.05) is 51.9 Å². The Balaban J connectivity index is 2.58. The van der Waals surface area contributed by atoms with Gasteiger partial charge in [-0.15, -0.1) is 0 Å². The second-order valence-electron chi connectivity index (χ2n) is 7.78. The van der Waals surface area contributed by atoms with Crippen LogP contribution in [0.15, 0.2) is 0 Å². The first-order chi connectivity index (χ1) is 10.9. The molecule has 1 amide bonds. The Hall–Kier alpha value is -0.610. The van der Waals surface area contributed by atoms with Gasteiger partial charge in [-0.2, -0.15) is 0 Å². The molecule has 0 radical (unpaired) electrons. The van der Waals surface area contributed by atoms with Crippen molar-refractivity contribution >= 4 is 5.91 Å². The molecule has 0 aromatic carbocycles. The number of hydrogen-bond acceptors (Lipinski definition) is 2. The third kappa shape index (κ3) is 8.16. The molecule has 0 heterocycles. The zero-order valence-corrected chi connectivity index (χ0v) is 15.9. The van der Waals surface area contributed by atoms with Gasteiger partial charge >= 0.3 is 0 Å². The van der Waals surface area contributed by atoms with Crippen molar-refractivity contribution in [1.29, 1.82) is 0 Å². The summed E-state index contributed by atoms with van der Waals surface area (Å²) in [6.45, 7) is 6.01. The molecular formula is C19H38N2O2. The number of amides is 1. The first kappa shape index (κ1) is 20.4. The molecule has 1 unspecified atom stereocenters. The number of quaternary nitrogens is 1. The van der Waals surface area contributed by atoms with E-state index >= 15 is 0 Å². The lowest BCUT2D eigenvalue weighted by Crippen LogP contribution is -2.43. The van der Waals surface area contributed by atoms with Crippen LogP contribution in [0.1, 0.15) is 71.6 Å². The Labute approximate surface area is 143 Å². The van der Waals surface area contributed by atoms with Gasteiger partial charge in [0.15, 0.2) is 0 Å². The minimum atomic E-state index is -0.328. The van der Waals surface area contributed by atoms with Crippen LogP contribution in [0.3, 0.4) is 0 Å². The second-order valence-corrected chi connectivity index (χ2v) is 7.78. The van der Waals surface area contributed by atoms with Crippen molar-refractivity contribution in [3.63, 3.8) is 0 Å². The fraction of sp³-hybridized carbons (Fsp3) is 0.947. The van der Waals surface area contributed by atoms with Crippen LogP contribution in [0, 0.1) is 17.0 Å². The maximum absolute atomic E-state index is 12.7. The molecule has 0 aliphatic heterocycles. The molecule has 0 aromatic heterocycles. The van der Waals surface area contributed by atoms with Crippen molar-refractivity contribution in [1.82, 2.24) is 4.90 Å². The fourth-order valence-electron chi connectivity index (χ4n) is 3.75. The Kier molecular flexibility index (Phi) is 9.15. The molecule has 4 heteroatoms. The molecular weight excluding hydrogens is 288 g/mol. The largest absolute Gasteiger partial charge is 0.633 e. The van der Waals surface area contributed by atoms with Gasteiger partial charge in [0.25, 0.3) is 0 Å². The summed E-state index contributed by atoms with van der Waals surface area (Å²) >= 11 is 0. The zero-order chi connectivity index (χ0) is 17.3.